The molecule has 2 rings (SSSR count). The molecule has 1 aromatic carbocycles. The maximum atomic E-state index is 10.4. The number of fused-ring (bicyclic) bond motifs is 1. The Morgan fingerprint density at radius 3 is 2.94 bits per heavy atom. The summed E-state index contributed by atoms with van der Waals surface area (Å²) >= 11 is 0. The molecular weight excluding hydrogens is 204 g/mol. The smallest absolute Gasteiger partial charge is 0.306 e. The highest BCUT2D eigenvalue weighted by molar-refractivity contribution is 5.66. The molecule has 3 heteroatoms. The number of carboxylic acids is 1. The lowest BCUT2D eigenvalue weighted by molar-refractivity contribution is -0.137. The van der Waals surface area contributed by atoms with Crippen LogP contribution in [0.3, 0.4) is 0 Å². The zero-order chi connectivity index (χ0) is 11.4. The second-order valence-corrected chi connectivity index (χ2v) is 4.09. The van der Waals surface area contributed by atoms with Crippen LogP contribution in [0.15, 0.2) is 18.2 Å². The van der Waals surface area contributed by atoms with Gasteiger partial charge in [-0.3, -0.25) is 4.79 Å². The van der Waals surface area contributed by atoms with Crippen LogP contribution < -0.4 is 4.74 Å². The van der Waals surface area contributed by atoms with Crippen molar-refractivity contribution in [1.29, 1.82) is 0 Å². The van der Waals surface area contributed by atoms with Crippen molar-refractivity contribution in [2.45, 2.75) is 32.1 Å². The molecule has 0 radical (unpaired) electrons. The molecule has 86 valence electrons. The van der Waals surface area contributed by atoms with E-state index in [1.54, 1.807) is 0 Å². The summed E-state index contributed by atoms with van der Waals surface area (Å²) in [4.78, 5) is 10.4. The molecule has 0 saturated heterocycles. The zero-order valence-electron chi connectivity index (χ0n) is 9.24. The van der Waals surface area contributed by atoms with Crippen molar-refractivity contribution in [2.24, 2.45) is 0 Å². The Bertz CT molecular complexity index is 385. The molecule has 16 heavy (non-hydrogen) atoms. The topological polar surface area (TPSA) is 46.5 Å². The lowest BCUT2D eigenvalue weighted by Crippen LogP contribution is -2.09. The van der Waals surface area contributed by atoms with E-state index in [-0.39, 0.29) is 13.0 Å². The van der Waals surface area contributed by atoms with Gasteiger partial charge in [0.2, 0.25) is 0 Å². The van der Waals surface area contributed by atoms with E-state index in [0.717, 1.165) is 18.6 Å². The van der Waals surface area contributed by atoms with E-state index in [9.17, 15) is 4.79 Å². The van der Waals surface area contributed by atoms with Crippen LogP contribution >= 0.6 is 0 Å². The third-order valence-electron chi connectivity index (χ3n) is 2.93. The van der Waals surface area contributed by atoms with Gasteiger partial charge >= 0.3 is 5.97 Å². The van der Waals surface area contributed by atoms with Gasteiger partial charge in [-0.15, -0.1) is 0 Å². The highest BCUT2D eigenvalue weighted by Crippen LogP contribution is 2.29. The molecule has 1 aliphatic rings. The average Bonchev–Trinajstić information content (AvgIpc) is 2.29. The van der Waals surface area contributed by atoms with Crippen LogP contribution in [0.25, 0.3) is 0 Å². The van der Waals surface area contributed by atoms with Crippen molar-refractivity contribution in [1.82, 2.24) is 0 Å². The summed E-state index contributed by atoms with van der Waals surface area (Å²) in [5, 5.41) is 8.55. The van der Waals surface area contributed by atoms with Crippen molar-refractivity contribution in [2.75, 3.05) is 6.61 Å². The lowest BCUT2D eigenvalue weighted by atomic mass is 9.91. The maximum Gasteiger partial charge on any atom is 0.306 e. The van der Waals surface area contributed by atoms with E-state index < -0.39 is 5.97 Å². The fourth-order valence-corrected chi connectivity index (χ4v) is 2.13. The molecule has 0 unspecified atom stereocenters. The average molecular weight is 220 g/mol. The summed E-state index contributed by atoms with van der Waals surface area (Å²) in [5.74, 6) is 0.0586. The van der Waals surface area contributed by atoms with Crippen LogP contribution in [0, 0.1) is 0 Å². The van der Waals surface area contributed by atoms with Crippen LogP contribution in [-0.4, -0.2) is 17.7 Å². The van der Waals surface area contributed by atoms with Crippen LogP contribution in [-0.2, 0) is 17.6 Å². The molecular formula is C13H16O3. The van der Waals surface area contributed by atoms with Gasteiger partial charge in [-0.2, -0.15) is 0 Å². The Morgan fingerprint density at radius 2 is 2.12 bits per heavy atom. The first-order chi connectivity index (χ1) is 7.77. The maximum absolute atomic E-state index is 10.4. The van der Waals surface area contributed by atoms with Gasteiger partial charge in [-0.25, -0.2) is 0 Å². The Kier molecular flexibility index (Phi) is 3.44. The monoisotopic (exact) mass is 220 g/mol. The summed E-state index contributed by atoms with van der Waals surface area (Å²) < 4.78 is 5.53. The molecule has 0 heterocycles. The Hall–Kier alpha value is -1.51. The zero-order valence-corrected chi connectivity index (χ0v) is 9.24. The number of carbonyl (C=O) groups is 1. The molecule has 3 nitrogen and oxygen atoms in total. The molecule has 0 fully saturated rings. The predicted octanol–water partition coefficient (Wildman–Crippen LogP) is 2.42. The van der Waals surface area contributed by atoms with Crippen LogP contribution in [0.4, 0.5) is 0 Å². The van der Waals surface area contributed by atoms with Crippen LogP contribution in [0.1, 0.15) is 30.4 Å². The van der Waals surface area contributed by atoms with Gasteiger partial charge < -0.3 is 9.84 Å². The second kappa shape index (κ2) is 5.01. The fraction of sp³-hybridized carbons (Fsp3) is 0.462. The number of carboxylic acid groups (broad SMARTS) is 1. The molecule has 0 amide bonds. The first kappa shape index (κ1) is 11.0. The van der Waals surface area contributed by atoms with E-state index in [1.165, 1.54) is 24.0 Å². The summed E-state index contributed by atoms with van der Waals surface area (Å²) in [5.41, 5.74) is 2.64. The van der Waals surface area contributed by atoms with Gasteiger partial charge in [-0.05, 0) is 42.9 Å². The number of hydrogen-bond acceptors (Lipinski definition) is 2. The van der Waals surface area contributed by atoms with Crippen molar-refractivity contribution in [3.05, 3.63) is 29.3 Å². The number of ether oxygens (including phenoxy) is 1. The van der Waals surface area contributed by atoms with Gasteiger partial charge in [0.25, 0.3) is 0 Å². The van der Waals surface area contributed by atoms with Gasteiger partial charge in [-0.1, -0.05) is 12.1 Å². The Labute approximate surface area is 95.0 Å². The summed E-state index contributed by atoms with van der Waals surface area (Å²) in [7, 11) is 0. The van der Waals surface area contributed by atoms with Gasteiger partial charge in [0.1, 0.15) is 5.75 Å². The molecule has 1 N–H and O–H groups in total. The molecule has 0 saturated carbocycles. The molecule has 0 aromatic heterocycles. The van der Waals surface area contributed by atoms with Crippen molar-refractivity contribution in [3.63, 3.8) is 0 Å². The highest BCUT2D eigenvalue weighted by atomic mass is 16.5. The van der Waals surface area contributed by atoms with Crippen molar-refractivity contribution >= 4 is 5.97 Å². The minimum atomic E-state index is -0.815. The first-order valence-corrected chi connectivity index (χ1v) is 5.73. The third kappa shape index (κ3) is 2.54. The predicted molar refractivity (Wildman–Crippen MR) is 60.8 cm³/mol. The number of hydrogen-bond donors (Lipinski definition) is 1. The summed E-state index contributed by atoms with van der Waals surface area (Å²) in [6.45, 7) is 0.256. The highest BCUT2D eigenvalue weighted by Gasteiger charge is 2.13. The van der Waals surface area contributed by atoms with E-state index in [2.05, 4.69) is 6.07 Å². The minimum absolute atomic E-state index is 0.0592. The largest absolute Gasteiger partial charge is 0.493 e. The van der Waals surface area contributed by atoms with E-state index >= 15 is 0 Å². The first-order valence-electron chi connectivity index (χ1n) is 5.73. The molecule has 0 atom stereocenters. The van der Waals surface area contributed by atoms with Crippen molar-refractivity contribution in [3.8, 4) is 5.75 Å². The van der Waals surface area contributed by atoms with Gasteiger partial charge in [0.05, 0.1) is 13.0 Å². The van der Waals surface area contributed by atoms with E-state index in [0.29, 0.717) is 0 Å². The van der Waals surface area contributed by atoms with Crippen LogP contribution in [0.5, 0.6) is 5.75 Å². The standard InChI is InChI=1S/C13H16O3/c14-13(15)8-9-16-12-7-3-5-10-4-1-2-6-11(10)12/h3,5,7H,1-2,4,6,8-9H2,(H,14,15). The minimum Gasteiger partial charge on any atom is -0.493 e. The Balaban J connectivity index is 2.05. The quantitative estimate of drug-likeness (QED) is 0.847. The number of rotatable bonds is 4. The van der Waals surface area contributed by atoms with Crippen molar-refractivity contribution < 1.29 is 14.6 Å². The Morgan fingerprint density at radius 1 is 1.31 bits per heavy atom. The normalized spacial score (nSPS) is 14.2. The number of aryl methyl sites for hydroxylation is 1. The fourth-order valence-electron chi connectivity index (χ4n) is 2.13. The van der Waals surface area contributed by atoms with E-state index in [4.69, 9.17) is 9.84 Å². The molecule has 0 aliphatic heterocycles. The summed E-state index contributed by atoms with van der Waals surface area (Å²) in [6.07, 6.45) is 4.67. The van der Waals surface area contributed by atoms with Crippen LogP contribution in [0.2, 0.25) is 0 Å². The number of benzene rings is 1. The van der Waals surface area contributed by atoms with Gasteiger partial charge in [0.15, 0.2) is 0 Å². The molecule has 1 aliphatic carbocycles. The lowest BCUT2D eigenvalue weighted by Gasteiger charge is -2.19. The molecule has 0 bridgehead atoms. The van der Waals surface area contributed by atoms with Gasteiger partial charge in [0, 0.05) is 0 Å². The number of aliphatic carboxylic acids is 1. The van der Waals surface area contributed by atoms with E-state index in [1.807, 2.05) is 12.1 Å². The molecule has 1 aromatic rings. The molecule has 0 spiro atoms. The summed E-state index contributed by atoms with van der Waals surface area (Å²) in [6, 6.07) is 6.06. The third-order valence-corrected chi connectivity index (χ3v) is 2.93. The SMILES string of the molecule is O=C(O)CCOc1cccc2c1CCCC2. The second-order valence-electron chi connectivity index (χ2n) is 4.09.